The van der Waals surface area contributed by atoms with E-state index in [9.17, 15) is 21.6 Å². The highest BCUT2D eigenvalue weighted by Crippen LogP contribution is 2.16. The van der Waals surface area contributed by atoms with Gasteiger partial charge < -0.3 is 5.32 Å². The van der Waals surface area contributed by atoms with Gasteiger partial charge in [0.2, 0.25) is 26.0 Å². The lowest BCUT2D eigenvalue weighted by molar-refractivity contribution is -0.111. The van der Waals surface area contributed by atoms with Crippen LogP contribution in [0.1, 0.15) is 18.9 Å². The van der Waals surface area contributed by atoms with Gasteiger partial charge >= 0.3 is 0 Å². The Labute approximate surface area is 171 Å². The molecule has 0 radical (unpaired) electrons. The van der Waals surface area contributed by atoms with Gasteiger partial charge in [0.15, 0.2) is 0 Å². The molecule has 2 aromatic rings. The van der Waals surface area contributed by atoms with Crippen LogP contribution in [0.4, 0.5) is 17.1 Å². The molecule has 3 N–H and O–H groups in total. The summed E-state index contributed by atoms with van der Waals surface area (Å²) in [5, 5.41) is 2.68. The molecule has 0 heterocycles. The van der Waals surface area contributed by atoms with Crippen molar-refractivity contribution in [3.8, 4) is 0 Å². The lowest BCUT2D eigenvalue weighted by Gasteiger charge is -2.08. The Kier molecular flexibility index (Phi) is 7.40. The summed E-state index contributed by atoms with van der Waals surface area (Å²) in [5.41, 5.74) is 2.10. The van der Waals surface area contributed by atoms with E-state index in [1.807, 2.05) is 0 Å². The summed E-state index contributed by atoms with van der Waals surface area (Å²) in [6.45, 7) is 1.78. The topological polar surface area (TPSA) is 121 Å². The highest BCUT2D eigenvalue weighted by Gasteiger charge is 2.08. The molecule has 0 aliphatic rings. The summed E-state index contributed by atoms with van der Waals surface area (Å²) >= 11 is 0. The van der Waals surface area contributed by atoms with Crippen LogP contribution < -0.4 is 14.8 Å². The predicted octanol–water partition coefficient (Wildman–Crippen LogP) is 2.86. The molecule has 8 nitrogen and oxygen atoms in total. The van der Waals surface area contributed by atoms with Gasteiger partial charge in [-0.3, -0.25) is 14.2 Å². The molecule has 29 heavy (non-hydrogen) atoms. The Morgan fingerprint density at radius 3 is 1.93 bits per heavy atom. The average Bonchev–Trinajstić information content (AvgIpc) is 2.61. The fourth-order valence-electron chi connectivity index (χ4n) is 2.35. The fraction of sp³-hybridized carbons (Fsp3) is 0.211. The molecule has 0 aliphatic carbocycles. The van der Waals surface area contributed by atoms with E-state index in [-0.39, 0.29) is 11.7 Å². The smallest absolute Gasteiger partial charge is 0.248 e. The second-order valence-corrected chi connectivity index (χ2v) is 9.91. The first-order valence-corrected chi connectivity index (χ1v) is 12.3. The van der Waals surface area contributed by atoms with E-state index in [0.29, 0.717) is 23.5 Å². The molecule has 2 aromatic carbocycles. The third-order valence-electron chi connectivity index (χ3n) is 3.54. The quantitative estimate of drug-likeness (QED) is 0.521. The summed E-state index contributed by atoms with van der Waals surface area (Å²) in [7, 11) is -6.70. The number of rotatable bonds is 9. The van der Waals surface area contributed by atoms with E-state index >= 15 is 0 Å². The van der Waals surface area contributed by atoms with E-state index in [1.54, 1.807) is 61.5 Å². The zero-order valence-electron chi connectivity index (χ0n) is 16.0. The summed E-state index contributed by atoms with van der Waals surface area (Å²) in [6.07, 6.45) is 4.52. The van der Waals surface area contributed by atoms with Gasteiger partial charge in [-0.2, -0.15) is 0 Å². The molecule has 2 rings (SSSR count). The van der Waals surface area contributed by atoms with Crippen LogP contribution in [0.2, 0.25) is 0 Å². The first kappa shape index (κ1) is 22.4. The van der Waals surface area contributed by atoms with Crippen LogP contribution in [-0.4, -0.2) is 34.8 Å². The third-order valence-corrected chi connectivity index (χ3v) is 5.64. The lowest BCUT2D eigenvalue weighted by atomic mass is 10.2. The number of anilines is 3. The van der Waals surface area contributed by atoms with Gasteiger partial charge in [-0.25, -0.2) is 16.8 Å². The Morgan fingerprint density at radius 2 is 1.38 bits per heavy atom. The minimum absolute atomic E-state index is 0.0432. The van der Waals surface area contributed by atoms with Crippen molar-refractivity contribution in [2.45, 2.75) is 13.3 Å². The number of carbonyl (C=O) groups is 1. The maximum atomic E-state index is 12.0. The van der Waals surface area contributed by atoms with Crippen molar-refractivity contribution in [1.82, 2.24) is 0 Å². The second-order valence-electron chi connectivity index (χ2n) is 6.32. The Bertz CT molecular complexity index is 1080. The van der Waals surface area contributed by atoms with E-state index in [2.05, 4.69) is 14.8 Å². The molecule has 0 atom stereocenters. The van der Waals surface area contributed by atoms with E-state index in [1.165, 1.54) is 6.08 Å². The molecular weight excluding hydrogens is 414 g/mol. The maximum Gasteiger partial charge on any atom is 0.248 e. The Hall–Kier alpha value is -2.85. The molecular formula is C19H23N3O5S2. The van der Waals surface area contributed by atoms with Gasteiger partial charge in [-0.05, 0) is 54.5 Å². The van der Waals surface area contributed by atoms with Gasteiger partial charge in [-0.1, -0.05) is 19.1 Å². The molecule has 156 valence electrons. The molecule has 0 fully saturated rings. The number of sulfonamides is 2. The van der Waals surface area contributed by atoms with Crippen LogP contribution in [0.3, 0.4) is 0 Å². The summed E-state index contributed by atoms with van der Waals surface area (Å²) in [4.78, 5) is 12.0. The summed E-state index contributed by atoms with van der Waals surface area (Å²) in [5.74, 6) is -0.315. The molecule has 0 unspecified atom stereocenters. The van der Waals surface area contributed by atoms with Crippen LogP contribution in [0.15, 0.2) is 54.6 Å². The van der Waals surface area contributed by atoms with Crippen LogP contribution in [0.5, 0.6) is 0 Å². The summed E-state index contributed by atoms with van der Waals surface area (Å²) in [6, 6.07) is 12.9. The van der Waals surface area contributed by atoms with Crippen molar-refractivity contribution in [3.05, 3.63) is 60.2 Å². The third kappa shape index (κ3) is 8.36. The van der Waals surface area contributed by atoms with Crippen LogP contribution in [0.25, 0.3) is 6.08 Å². The van der Waals surface area contributed by atoms with Crippen molar-refractivity contribution < 1.29 is 21.6 Å². The number of benzene rings is 2. The number of hydrogen-bond acceptors (Lipinski definition) is 5. The Balaban J connectivity index is 1.93. The maximum absolute atomic E-state index is 12.0. The minimum Gasteiger partial charge on any atom is -0.323 e. The van der Waals surface area contributed by atoms with Gasteiger partial charge in [0, 0.05) is 23.1 Å². The van der Waals surface area contributed by atoms with Gasteiger partial charge in [0.25, 0.3) is 0 Å². The van der Waals surface area contributed by atoms with E-state index in [4.69, 9.17) is 0 Å². The van der Waals surface area contributed by atoms with Crippen LogP contribution in [0, 0.1) is 0 Å². The minimum atomic E-state index is -3.36. The van der Waals surface area contributed by atoms with Crippen molar-refractivity contribution in [3.63, 3.8) is 0 Å². The van der Waals surface area contributed by atoms with Gasteiger partial charge in [-0.15, -0.1) is 0 Å². The average molecular weight is 438 g/mol. The van der Waals surface area contributed by atoms with Crippen molar-refractivity contribution >= 4 is 49.1 Å². The van der Waals surface area contributed by atoms with E-state index < -0.39 is 20.0 Å². The van der Waals surface area contributed by atoms with E-state index in [0.717, 1.165) is 11.8 Å². The molecule has 1 amide bonds. The zero-order valence-corrected chi connectivity index (χ0v) is 17.7. The fourth-order valence-corrected chi connectivity index (χ4v) is 4.05. The molecule has 0 saturated carbocycles. The first-order valence-electron chi connectivity index (χ1n) is 8.74. The number of hydrogen-bond donors (Lipinski definition) is 3. The second kappa shape index (κ2) is 9.57. The molecule has 10 heteroatoms. The zero-order chi connectivity index (χ0) is 21.5. The normalized spacial score (nSPS) is 11.9. The number of carbonyl (C=O) groups excluding carboxylic acids is 1. The first-order chi connectivity index (χ1) is 13.6. The van der Waals surface area contributed by atoms with Gasteiger partial charge in [0.05, 0.1) is 12.0 Å². The molecule has 0 aliphatic heterocycles. The van der Waals surface area contributed by atoms with Crippen molar-refractivity contribution in [2.24, 2.45) is 0 Å². The highest BCUT2D eigenvalue weighted by atomic mass is 32.2. The number of amides is 1. The molecule has 0 spiro atoms. The largest absolute Gasteiger partial charge is 0.323 e. The highest BCUT2D eigenvalue weighted by molar-refractivity contribution is 7.92. The lowest BCUT2D eigenvalue weighted by Crippen LogP contribution is -2.16. The Morgan fingerprint density at radius 1 is 0.862 bits per heavy atom. The van der Waals surface area contributed by atoms with Crippen LogP contribution >= 0.6 is 0 Å². The van der Waals surface area contributed by atoms with Crippen molar-refractivity contribution in [2.75, 3.05) is 26.8 Å². The monoisotopic (exact) mass is 437 g/mol. The van der Waals surface area contributed by atoms with Crippen LogP contribution in [-0.2, 0) is 24.8 Å². The molecule has 0 bridgehead atoms. The standard InChI is InChI=1S/C19H23N3O5S2/c1-3-14-29(26,27)22-18-11-9-16(10-12-18)20-19(23)13-6-15-4-7-17(8-5-15)21-28(2,24)25/h4-13,21-22H,3,14H2,1-2H3,(H,20,23)/b13-6+. The number of nitrogens with one attached hydrogen (secondary N) is 3. The molecule has 0 aromatic heterocycles. The summed E-state index contributed by atoms with van der Waals surface area (Å²) < 4.78 is 50.7. The predicted molar refractivity (Wildman–Crippen MR) is 117 cm³/mol. The molecule has 0 saturated heterocycles. The SMILES string of the molecule is CCCS(=O)(=O)Nc1ccc(NC(=O)/C=C/c2ccc(NS(C)(=O)=O)cc2)cc1. The van der Waals surface area contributed by atoms with Gasteiger partial charge in [0.1, 0.15) is 0 Å². The van der Waals surface area contributed by atoms with Crippen molar-refractivity contribution in [1.29, 1.82) is 0 Å².